The van der Waals surface area contributed by atoms with Gasteiger partial charge in [0.25, 0.3) is 0 Å². The summed E-state index contributed by atoms with van der Waals surface area (Å²) in [6, 6.07) is 12.9. The van der Waals surface area contributed by atoms with Crippen molar-refractivity contribution in [3.63, 3.8) is 0 Å². The minimum absolute atomic E-state index is 0. The first kappa shape index (κ1) is 26.7. The summed E-state index contributed by atoms with van der Waals surface area (Å²) in [5, 5.41) is 3.72. The van der Waals surface area contributed by atoms with Gasteiger partial charge in [0.05, 0.1) is 37.2 Å². The molecule has 2 heterocycles. The van der Waals surface area contributed by atoms with Gasteiger partial charge < -0.3 is 18.8 Å². The van der Waals surface area contributed by atoms with Crippen molar-refractivity contribution < 1.29 is 19.0 Å². The van der Waals surface area contributed by atoms with Gasteiger partial charge >= 0.3 is 6.09 Å². The molecule has 7 nitrogen and oxygen atoms in total. The molecule has 0 unspecified atom stereocenters. The van der Waals surface area contributed by atoms with E-state index in [1.165, 1.54) is 0 Å². The molecule has 0 bridgehead atoms. The van der Waals surface area contributed by atoms with Crippen LogP contribution in [-0.4, -0.2) is 40.7 Å². The number of rotatable bonds is 8. The van der Waals surface area contributed by atoms with Crippen LogP contribution in [0.2, 0.25) is 10.0 Å². The van der Waals surface area contributed by atoms with Crippen molar-refractivity contribution in [2.45, 2.75) is 30.3 Å². The molecule has 0 spiro atoms. The van der Waals surface area contributed by atoms with Crippen LogP contribution >= 0.6 is 47.4 Å². The quantitative estimate of drug-likeness (QED) is 0.338. The van der Waals surface area contributed by atoms with Gasteiger partial charge in [0.1, 0.15) is 0 Å². The van der Waals surface area contributed by atoms with E-state index in [2.05, 4.69) is 10.3 Å². The molecular formula is C23H24Cl3N3O4S. The van der Waals surface area contributed by atoms with Crippen LogP contribution < -0.4 is 5.32 Å². The van der Waals surface area contributed by atoms with Gasteiger partial charge in [-0.3, -0.25) is 5.32 Å². The molecule has 1 amide bonds. The van der Waals surface area contributed by atoms with Gasteiger partial charge in [-0.15, -0.1) is 24.2 Å². The number of carbonyl (C=O) groups is 1. The number of benzene rings is 2. The number of nitrogens with zero attached hydrogens (tertiary/aromatic N) is 2. The normalized spacial score (nSPS) is 19.4. The molecule has 1 fully saturated rings. The van der Waals surface area contributed by atoms with E-state index in [9.17, 15) is 4.79 Å². The summed E-state index contributed by atoms with van der Waals surface area (Å²) in [6.45, 7) is 2.92. The van der Waals surface area contributed by atoms with Gasteiger partial charge in [0, 0.05) is 39.3 Å². The molecule has 1 aliphatic heterocycles. The van der Waals surface area contributed by atoms with E-state index < -0.39 is 11.9 Å². The molecule has 1 saturated heterocycles. The lowest BCUT2D eigenvalue weighted by molar-refractivity contribution is -0.184. The summed E-state index contributed by atoms with van der Waals surface area (Å²) in [6.07, 6.45) is 4.66. The first-order valence-corrected chi connectivity index (χ1v) is 12.1. The maximum absolute atomic E-state index is 11.5. The van der Waals surface area contributed by atoms with Crippen molar-refractivity contribution in [1.29, 1.82) is 0 Å². The maximum atomic E-state index is 11.5. The van der Waals surface area contributed by atoms with E-state index in [1.807, 2.05) is 41.1 Å². The predicted molar refractivity (Wildman–Crippen MR) is 136 cm³/mol. The lowest BCUT2D eigenvalue weighted by atomic mass is 10.1. The smallest absolute Gasteiger partial charge is 0.411 e. The van der Waals surface area contributed by atoms with Gasteiger partial charge in [-0.05, 0) is 43.3 Å². The van der Waals surface area contributed by atoms with Crippen molar-refractivity contribution in [1.82, 2.24) is 9.55 Å². The highest BCUT2D eigenvalue weighted by Gasteiger charge is 2.45. The SMILES string of the molecule is CCOC(=O)Nc1ccc(SC[C@H]2CO[C@](Cn3ccnc3)(c3ccc(Cl)cc3Cl)O2)cc1.Cl. The summed E-state index contributed by atoms with van der Waals surface area (Å²) in [4.78, 5) is 16.7. The fraction of sp³-hybridized carbons (Fsp3) is 0.304. The standard InChI is InChI=1S/C23H23Cl2N3O4S.ClH/c1-2-30-22(29)27-17-4-6-19(7-5-17)33-13-18-12-31-23(32-18,14-28-10-9-26-15-28)20-8-3-16(24)11-21(20)25;/h3-11,15,18H,2,12-14H2,1H3,(H,27,29);1H/t18-,23+;/m1./s1. The Labute approximate surface area is 218 Å². The summed E-state index contributed by atoms with van der Waals surface area (Å²) in [5.74, 6) is -0.359. The van der Waals surface area contributed by atoms with Crippen molar-refractivity contribution in [3.8, 4) is 0 Å². The van der Waals surface area contributed by atoms with Crippen LogP contribution in [0.25, 0.3) is 0 Å². The Hall–Kier alpha value is -1.94. The number of nitrogens with one attached hydrogen (secondary N) is 1. The van der Waals surface area contributed by atoms with Crippen LogP contribution in [0.4, 0.5) is 10.5 Å². The monoisotopic (exact) mass is 543 g/mol. The third-order valence-electron chi connectivity index (χ3n) is 4.96. The first-order valence-electron chi connectivity index (χ1n) is 10.4. The highest BCUT2D eigenvalue weighted by molar-refractivity contribution is 7.99. The zero-order valence-electron chi connectivity index (χ0n) is 18.3. The van der Waals surface area contributed by atoms with Gasteiger partial charge in [-0.2, -0.15) is 0 Å². The Morgan fingerprint density at radius 2 is 2.09 bits per heavy atom. The molecule has 2 aromatic carbocycles. The van der Waals surface area contributed by atoms with Crippen LogP contribution in [0.5, 0.6) is 0 Å². The summed E-state index contributed by atoms with van der Waals surface area (Å²) in [7, 11) is 0. The van der Waals surface area contributed by atoms with E-state index in [0.717, 1.165) is 10.5 Å². The van der Waals surface area contributed by atoms with Crippen LogP contribution in [0.15, 0.2) is 66.1 Å². The number of aromatic nitrogens is 2. The maximum Gasteiger partial charge on any atom is 0.411 e. The molecule has 0 aliphatic carbocycles. The largest absolute Gasteiger partial charge is 0.450 e. The number of thioether (sulfide) groups is 1. The number of ether oxygens (including phenoxy) is 3. The number of hydrogen-bond donors (Lipinski definition) is 1. The van der Waals surface area contributed by atoms with E-state index >= 15 is 0 Å². The third-order valence-corrected chi connectivity index (χ3v) is 6.65. The zero-order valence-corrected chi connectivity index (χ0v) is 21.4. The van der Waals surface area contributed by atoms with Crippen LogP contribution in [0.3, 0.4) is 0 Å². The molecule has 4 rings (SSSR count). The van der Waals surface area contributed by atoms with Crippen LogP contribution in [0.1, 0.15) is 12.5 Å². The molecule has 2 atom stereocenters. The Kier molecular flexibility index (Phi) is 9.53. The number of carbonyl (C=O) groups excluding carboxylic acids is 1. The highest BCUT2D eigenvalue weighted by atomic mass is 35.5. The van der Waals surface area contributed by atoms with Crippen LogP contribution in [-0.2, 0) is 26.5 Å². The van der Waals surface area contributed by atoms with E-state index in [1.54, 1.807) is 43.3 Å². The van der Waals surface area contributed by atoms with Crippen molar-refractivity contribution in [3.05, 3.63) is 76.8 Å². The van der Waals surface area contributed by atoms with E-state index in [-0.39, 0.29) is 18.5 Å². The fourth-order valence-electron chi connectivity index (χ4n) is 3.48. The molecule has 0 radical (unpaired) electrons. The number of imidazole rings is 1. The lowest BCUT2D eigenvalue weighted by Gasteiger charge is -2.30. The average Bonchev–Trinajstić information content (AvgIpc) is 3.44. The Morgan fingerprint density at radius 1 is 1.29 bits per heavy atom. The molecule has 1 aliphatic rings. The number of halogens is 3. The van der Waals surface area contributed by atoms with Crippen molar-refractivity contribution in [2.24, 2.45) is 0 Å². The van der Waals surface area contributed by atoms with Gasteiger partial charge in [-0.1, -0.05) is 29.3 Å². The second-order valence-electron chi connectivity index (χ2n) is 7.34. The number of anilines is 1. The van der Waals surface area contributed by atoms with Gasteiger partial charge in [0.15, 0.2) is 0 Å². The number of amides is 1. The molecule has 1 aromatic heterocycles. The molecule has 182 valence electrons. The van der Waals surface area contributed by atoms with Crippen molar-refractivity contribution in [2.75, 3.05) is 24.3 Å². The Balaban J connectivity index is 0.00000324. The third kappa shape index (κ3) is 6.59. The van der Waals surface area contributed by atoms with Crippen molar-refractivity contribution >= 4 is 59.2 Å². The van der Waals surface area contributed by atoms with Gasteiger partial charge in [0.2, 0.25) is 5.79 Å². The zero-order chi connectivity index (χ0) is 23.3. The summed E-state index contributed by atoms with van der Waals surface area (Å²) >= 11 is 14.3. The molecule has 34 heavy (non-hydrogen) atoms. The average molecular weight is 545 g/mol. The topological polar surface area (TPSA) is 74.6 Å². The lowest BCUT2D eigenvalue weighted by Crippen LogP contribution is -2.34. The van der Waals surface area contributed by atoms with E-state index in [0.29, 0.717) is 41.2 Å². The second-order valence-corrected chi connectivity index (χ2v) is 9.28. The summed E-state index contributed by atoms with van der Waals surface area (Å²) < 4.78 is 19.5. The Morgan fingerprint density at radius 3 is 2.76 bits per heavy atom. The molecule has 3 aromatic rings. The minimum Gasteiger partial charge on any atom is -0.450 e. The Bertz CT molecular complexity index is 1090. The minimum atomic E-state index is -1.04. The predicted octanol–water partition coefficient (Wildman–Crippen LogP) is 6.24. The number of hydrogen-bond acceptors (Lipinski definition) is 6. The van der Waals surface area contributed by atoms with Crippen LogP contribution in [0, 0.1) is 0 Å². The molecular weight excluding hydrogens is 521 g/mol. The molecule has 0 saturated carbocycles. The second kappa shape index (κ2) is 12.2. The highest BCUT2D eigenvalue weighted by Crippen LogP contribution is 2.41. The van der Waals surface area contributed by atoms with Gasteiger partial charge in [-0.25, -0.2) is 9.78 Å². The molecule has 1 N–H and O–H groups in total. The van der Waals surface area contributed by atoms with E-state index in [4.69, 9.17) is 37.4 Å². The molecule has 11 heteroatoms. The summed E-state index contributed by atoms with van der Waals surface area (Å²) in [5.41, 5.74) is 1.40. The first-order chi connectivity index (χ1) is 16.0. The fourth-order valence-corrected chi connectivity index (χ4v) is 4.91.